The third-order valence-corrected chi connectivity index (χ3v) is 15.5. The van der Waals surface area contributed by atoms with E-state index in [2.05, 4.69) is 201 Å². The minimum absolute atomic E-state index is 0.118. The lowest BCUT2D eigenvalue weighted by atomic mass is 9.82. The van der Waals surface area contributed by atoms with E-state index in [0.717, 1.165) is 50.1 Å². The highest BCUT2D eigenvalue weighted by molar-refractivity contribution is 7.26. The van der Waals surface area contributed by atoms with Gasteiger partial charge in [-0.15, -0.1) is 22.7 Å². The molecule has 0 aliphatic heterocycles. The summed E-state index contributed by atoms with van der Waals surface area (Å²) in [5, 5.41) is 7.59. The average molecular weight is 816 g/mol. The number of thiophene rings is 2. The Balaban J connectivity index is 0.973. The first-order chi connectivity index (χ1) is 30.0. The summed E-state index contributed by atoms with van der Waals surface area (Å²) in [4.78, 5) is 2.42. The van der Waals surface area contributed by atoms with Gasteiger partial charge in [0.05, 0.1) is 0 Å². The lowest BCUT2D eigenvalue weighted by Gasteiger charge is -2.27. The van der Waals surface area contributed by atoms with Crippen molar-refractivity contribution in [3.8, 4) is 33.4 Å². The Bertz CT molecular complexity index is 3580. The SMILES string of the molecule is CC1(C)c2ccc(N(c3ccc(-c4cccc5c4oc4ccccc45)cc3)c3ccc(-c4cccc5c4sc4ccccc45)cc3)cc2-c2c1ccc1c2sc2ccccc21. The van der Waals surface area contributed by atoms with Crippen molar-refractivity contribution < 1.29 is 4.42 Å². The molecule has 12 aromatic rings. The van der Waals surface area contributed by atoms with Gasteiger partial charge in [-0.1, -0.05) is 147 Å². The van der Waals surface area contributed by atoms with Gasteiger partial charge >= 0.3 is 0 Å². The molecule has 0 saturated carbocycles. The summed E-state index contributed by atoms with van der Waals surface area (Å²) >= 11 is 3.80. The molecule has 0 bridgehead atoms. The van der Waals surface area contributed by atoms with E-state index >= 15 is 0 Å². The molecule has 13 rings (SSSR count). The first-order valence-corrected chi connectivity index (χ1v) is 22.5. The maximum absolute atomic E-state index is 6.47. The summed E-state index contributed by atoms with van der Waals surface area (Å²) in [6.45, 7) is 4.76. The molecule has 0 N–H and O–H groups in total. The first-order valence-electron chi connectivity index (χ1n) is 20.9. The van der Waals surface area contributed by atoms with Crippen LogP contribution in [-0.4, -0.2) is 0 Å². The Morgan fingerprint density at radius 3 is 1.67 bits per heavy atom. The van der Waals surface area contributed by atoms with E-state index in [-0.39, 0.29) is 5.41 Å². The van der Waals surface area contributed by atoms with Crippen molar-refractivity contribution in [2.24, 2.45) is 0 Å². The third-order valence-electron chi connectivity index (χ3n) is 13.1. The van der Waals surface area contributed by atoms with Gasteiger partial charge in [0, 0.05) is 84.7 Å². The molecular weight excluding hydrogens is 779 g/mol. The van der Waals surface area contributed by atoms with Gasteiger partial charge in [-0.25, -0.2) is 0 Å². The maximum atomic E-state index is 6.47. The number of nitrogens with zero attached hydrogens (tertiary/aromatic N) is 1. The van der Waals surface area contributed by atoms with Crippen LogP contribution in [-0.2, 0) is 5.41 Å². The fraction of sp³-hybridized carbons (Fsp3) is 0.0526. The molecule has 1 aliphatic carbocycles. The zero-order valence-corrected chi connectivity index (χ0v) is 35.2. The monoisotopic (exact) mass is 815 g/mol. The summed E-state index contributed by atoms with van der Waals surface area (Å²) in [6.07, 6.45) is 0. The van der Waals surface area contributed by atoms with Crippen LogP contribution in [0, 0.1) is 0 Å². The van der Waals surface area contributed by atoms with Crippen molar-refractivity contribution in [2.75, 3.05) is 4.90 Å². The van der Waals surface area contributed by atoms with Gasteiger partial charge in [-0.05, 0) is 88.0 Å². The van der Waals surface area contributed by atoms with Crippen LogP contribution < -0.4 is 4.90 Å². The van der Waals surface area contributed by atoms with Crippen molar-refractivity contribution in [3.63, 3.8) is 0 Å². The molecular formula is C57H37NOS2. The predicted molar refractivity (Wildman–Crippen MR) is 263 cm³/mol. The molecule has 0 saturated heterocycles. The van der Waals surface area contributed by atoms with E-state index in [1.807, 2.05) is 28.7 Å². The molecule has 9 aromatic carbocycles. The maximum Gasteiger partial charge on any atom is 0.143 e. The molecule has 2 nitrogen and oxygen atoms in total. The average Bonchev–Trinajstić information content (AvgIpc) is 4.05. The second kappa shape index (κ2) is 13.0. The molecule has 0 spiro atoms. The molecule has 0 fully saturated rings. The zero-order valence-electron chi connectivity index (χ0n) is 33.6. The van der Waals surface area contributed by atoms with Gasteiger partial charge in [0.2, 0.25) is 0 Å². The van der Waals surface area contributed by atoms with Crippen LogP contribution in [0.4, 0.5) is 17.1 Å². The molecule has 0 amide bonds. The Labute approximate surface area is 361 Å². The predicted octanol–water partition coefficient (Wildman–Crippen LogP) is 17.4. The number of hydrogen-bond acceptors (Lipinski definition) is 4. The molecule has 3 aromatic heterocycles. The van der Waals surface area contributed by atoms with Crippen LogP contribution in [0.1, 0.15) is 25.0 Å². The topological polar surface area (TPSA) is 16.4 Å². The van der Waals surface area contributed by atoms with Crippen molar-refractivity contribution in [3.05, 3.63) is 199 Å². The number of furan rings is 1. The standard InChI is InChI=1S/C57H37NOS2/c1-57(2)48-31-29-38(33-47(48)53-49(57)32-30-46-43-13-5-8-20-52(43)61-56(46)53)58(36-25-21-34(22-26-36)39-14-9-16-44-41-11-3-6-18-50(41)59-54(39)44)37-27-23-35(24-28-37)40-15-10-17-45-42-12-4-7-19-51(42)60-55(40)45/h3-33H,1-2H3. The second-order valence-electron chi connectivity index (χ2n) is 16.8. The Hall–Kier alpha value is -6.98. The molecule has 1 aliphatic rings. The number of hydrogen-bond donors (Lipinski definition) is 0. The molecule has 4 heteroatoms. The quantitative estimate of drug-likeness (QED) is 0.172. The van der Waals surface area contributed by atoms with Gasteiger partial charge in [0.1, 0.15) is 11.2 Å². The number of rotatable bonds is 5. The van der Waals surface area contributed by atoms with E-state index in [1.54, 1.807) is 0 Å². The van der Waals surface area contributed by atoms with Crippen LogP contribution in [0.5, 0.6) is 0 Å². The molecule has 3 heterocycles. The number of anilines is 3. The lowest BCUT2D eigenvalue weighted by molar-refractivity contribution is 0.661. The minimum Gasteiger partial charge on any atom is -0.455 e. The molecule has 288 valence electrons. The van der Waals surface area contributed by atoms with Crippen LogP contribution in [0.2, 0.25) is 0 Å². The Morgan fingerprint density at radius 1 is 0.410 bits per heavy atom. The summed E-state index contributed by atoms with van der Waals surface area (Å²) in [7, 11) is 0. The normalized spacial score (nSPS) is 13.2. The van der Waals surface area contributed by atoms with Crippen LogP contribution in [0.15, 0.2) is 192 Å². The van der Waals surface area contributed by atoms with Crippen molar-refractivity contribution in [1.82, 2.24) is 0 Å². The highest BCUT2D eigenvalue weighted by atomic mass is 32.1. The summed E-state index contributed by atoms with van der Waals surface area (Å²) < 4.78 is 11.8. The first kappa shape index (κ1) is 34.8. The van der Waals surface area contributed by atoms with Crippen molar-refractivity contribution in [1.29, 1.82) is 0 Å². The Morgan fingerprint density at radius 2 is 0.951 bits per heavy atom. The van der Waals surface area contributed by atoms with E-state index in [9.17, 15) is 0 Å². The van der Waals surface area contributed by atoms with E-state index in [4.69, 9.17) is 4.42 Å². The molecule has 0 radical (unpaired) electrons. The number of benzene rings is 9. The fourth-order valence-corrected chi connectivity index (χ4v) is 12.6. The second-order valence-corrected chi connectivity index (χ2v) is 18.9. The Kier molecular flexibility index (Phi) is 7.43. The smallest absolute Gasteiger partial charge is 0.143 e. The molecule has 0 atom stereocenters. The highest BCUT2D eigenvalue weighted by Gasteiger charge is 2.37. The van der Waals surface area contributed by atoms with Crippen LogP contribution in [0.3, 0.4) is 0 Å². The summed E-state index contributed by atoms with van der Waals surface area (Å²) in [5.41, 5.74) is 15.2. The van der Waals surface area contributed by atoms with Gasteiger partial charge in [0.15, 0.2) is 0 Å². The summed E-state index contributed by atoms with van der Waals surface area (Å²) in [5.74, 6) is 0. The zero-order chi connectivity index (χ0) is 40.4. The van der Waals surface area contributed by atoms with E-state index < -0.39 is 0 Å². The fourth-order valence-electron chi connectivity index (χ4n) is 10.1. The molecule has 61 heavy (non-hydrogen) atoms. The van der Waals surface area contributed by atoms with E-state index in [1.165, 1.54) is 73.7 Å². The van der Waals surface area contributed by atoms with Gasteiger partial charge in [0.25, 0.3) is 0 Å². The summed E-state index contributed by atoms with van der Waals surface area (Å²) in [6, 6.07) is 69.1. The van der Waals surface area contributed by atoms with Crippen LogP contribution in [0.25, 0.3) is 95.7 Å². The number of para-hydroxylation sites is 2. The van der Waals surface area contributed by atoms with E-state index in [0.29, 0.717) is 0 Å². The third kappa shape index (κ3) is 5.13. The number of fused-ring (bicyclic) bond motifs is 13. The van der Waals surface area contributed by atoms with Crippen molar-refractivity contribution >= 4 is 102 Å². The largest absolute Gasteiger partial charge is 0.455 e. The van der Waals surface area contributed by atoms with Gasteiger partial charge < -0.3 is 9.32 Å². The van der Waals surface area contributed by atoms with Crippen molar-refractivity contribution in [2.45, 2.75) is 19.3 Å². The highest BCUT2D eigenvalue weighted by Crippen LogP contribution is 2.55. The lowest BCUT2D eigenvalue weighted by Crippen LogP contribution is -2.15. The van der Waals surface area contributed by atoms with Gasteiger partial charge in [-0.2, -0.15) is 0 Å². The molecule has 0 unspecified atom stereocenters. The van der Waals surface area contributed by atoms with Crippen LogP contribution >= 0.6 is 22.7 Å². The van der Waals surface area contributed by atoms with Gasteiger partial charge in [-0.3, -0.25) is 0 Å². The minimum atomic E-state index is -0.118.